The summed E-state index contributed by atoms with van der Waals surface area (Å²) in [6.07, 6.45) is 2.95. The van der Waals surface area contributed by atoms with Crippen molar-refractivity contribution in [1.29, 1.82) is 0 Å². The Bertz CT molecular complexity index is 605. The van der Waals surface area contributed by atoms with Gasteiger partial charge in [0, 0.05) is 11.5 Å². The van der Waals surface area contributed by atoms with Gasteiger partial charge in [0.15, 0.2) is 0 Å². The van der Waals surface area contributed by atoms with E-state index < -0.39 is 36.0 Å². The minimum absolute atomic E-state index is 0.0931. The van der Waals surface area contributed by atoms with E-state index in [1.54, 1.807) is 0 Å². The van der Waals surface area contributed by atoms with E-state index in [0.29, 0.717) is 32.1 Å². The van der Waals surface area contributed by atoms with Crippen LogP contribution in [0.3, 0.4) is 0 Å². The molecule has 0 aromatic carbocycles. The fourth-order valence-corrected chi connectivity index (χ4v) is 3.32. The van der Waals surface area contributed by atoms with Crippen molar-refractivity contribution in [2.45, 2.75) is 76.7 Å². The van der Waals surface area contributed by atoms with Gasteiger partial charge in [0.1, 0.15) is 18.6 Å². The number of nitrogens with one attached hydrogen (secondary N) is 4. The van der Waals surface area contributed by atoms with Crippen molar-refractivity contribution in [3.05, 3.63) is 0 Å². The number of hydrogen-bond acceptors (Lipinski definition) is 6. The van der Waals surface area contributed by atoms with E-state index in [1.165, 1.54) is 0 Å². The second kappa shape index (κ2) is 9.47. The van der Waals surface area contributed by atoms with Gasteiger partial charge in [-0.25, -0.2) is 0 Å². The van der Waals surface area contributed by atoms with Crippen LogP contribution in [0.2, 0.25) is 0 Å². The summed E-state index contributed by atoms with van der Waals surface area (Å²) in [6.45, 7) is 6.31. The number of aldehydes is 1. The Hall–Kier alpha value is -2.00. The van der Waals surface area contributed by atoms with E-state index in [-0.39, 0.29) is 17.4 Å². The molecular formula is C19H32N4O5. The summed E-state index contributed by atoms with van der Waals surface area (Å²) in [5, 5.41) is 20.5. The van der Waals surface area contributed by atoms with Gasteiger partial charge in [-0.1, -0.05) is 13.8 Å². The highest BCUT2D eigenvalue weighted by atomic mass is 16.3. The molecule has 9 nitrogen and oxygen atoms in total. The maximum Gasteiger partial charge on any atom is 0.309 e. The molecule has 1 aliphatic carbocycles. The number of carbonyl (C=O) groups excluding carboxylic acids is 4. The highest BCUT2D eigenvalue weighted by Crippen LogP contribution is 2.34. The Morgan fingerprint density at radius 3 is 2.39 bits per heavy atom. The van der Waals surface area contributed by atoms with Crippen LogP contribution < -0.4 is 21.3 Å². The Kier molecular flexibility index (Phi) is 7.54. The van der Waals surface area contributed by atoms with Gasteiger partial charge in [0.25, 0.3) is 0 Å². The topological polar surface area (TPSA) is 137 Å². The predicted molar refractivity (Wildman–Crippen MR) is 102 cm³/mol. The third kappa shape index (κ3) is 6.56. The molecule has 9 heteroatoms. The molecule has 5 N–H and O–H groups in total. The monoisotopic (exact) mass is 396 g/mol. The minimum atomic E-state index is -0.917. The average molecular weight is 396 g/mol. The molecule has 1 unspecified atom stereocenters. The minimum Gasteiger partial charge on any atom is -0.378 e. The zero-order valence-corrected chi connectivity index (χ0v) is 16.8. The largest absolute Gasteiger partial charge is 0.378 e. The molecule has 1 saturated heterocycles. The van der Waals surface area contributed by atoms with Crippen LogP contribution in [-0.4, -0.2) is 59.5 Å². The Morgan fingerprint density at radius 1 is 1.21 bits per heavy atom. The van der Waals surface area contributed by atoms with E-state index >= 15 is 0 Å². The summed E-state index contributed by atoms with van der Waals surface area (Å²) in [6, 6.07) is -1.68. The molecule has 4 atom stereocenters. The van der Waals surface area contributed by atoms with E-state index in [2.05, 4.69) is 21.3 Å². The van der Waals surface area contributed by atoms with Gasteiger partial charge in [-0.05, 0) is 51.5 Å². The summed E-state index contributed by atoms with van der Waals surface area (Å²) in [7, 11) is 0. The number of aliphatic hydroxyl groups excluding tert-OH is 1. The molecule has 0 aromatic rings. The normalized spacial score (nSPS) is 24.9. The molecule has 0 bridgehead atoms. The lowest BCUT2D eigenvalue weighted by atomic mass is 9.97. The second-order valence-corrected chi connectivity index (χ2v) is 8.60. The number of amides is 3. The summed E-state index contributed by atoms with van der Waals surface area (Å²) >= 11 is 0. The van der Waals surface area contributed by atoms with Crippen LogP contribution in [0.5, 0.6) is 0 Å². The van der Waals surface area contributed by atoms with Gasteiger partial charge >= 0.3 is 11.8 Å². The molecule has 2 aliphatic rings. The van der Waals surface area contributed by atoms with Crippen molar-refractivity contribution in [3.63, 3.8) is 0 Å². The summed E-state index contributed by atoms with van der Waals surface area (Å²) < 4.78 is 0. The molecule has 0 aromatic heterocycles. The second-order valence-electron chi connectivity index (χ2n) is 8.60. The maximum atomic E-state index is 12.7. The summed E-state index contributed by atoms with van der Waals surface area (Å²) in [5.74, 6) is -2.15. The van der Waals surface area contributed by atoms with E-state index in [9.17, 15) is 24.3 Å². The number of carbonyl (C=O) groups is 4. The first-order chi connectivity index (χ1) is 13.1. The molecule has 158 valence electrons. The quantitative estimate of drug-likeness (QED) is 0.255. The molecule has 0 radical (unpaired) electrons. The van der Waals surface area contributed by atoms with Crippen LogP contribution in [0.4, 0.5) is 0 Å². The van der Waals surface area contributed by atoms with Crippen LogP contribution in [0, 0.1) is 11.8 Å². The van der Waals surface area contributed by atoms with Gasteiger partial charge < -0.3 is 25.9 Å². The first kappa shape index (κ1) is 22.3. The number of rotatable bonds is 9. The van der Waals surface area contributed by atoms with Crippen molar-refractivity contribution < 1.29 is 24.3 Å². The van der Waals surface area contributed by atoms with Crippen molar-refractivity contribution in [2.75, 3.05) is 6.54 Å². The van der Waals surface area contributed by atoms with Gasteiger partial charge in [-0.2, -0.15) is 0 Å². The maximum absolute atomic E-state index is 12.7. The van der Waals surface area contributed by atoms with E-state index in [4.69, 9.17) is 0 Å². The molecule has 0 spiro atoms. The van der Waals surface area contributed by atoms with Gasteiger partial charge in [-0.3, -0.25) is 19.7 Å². The van der Waals surface area contributed by atoms with E-state index in [0.717, 1.165) is 12.8 Å². The fraction of sp³-hybridized carbons (Fsp3) is 0.789. The molecule has 2 fully saturated rings. The highest BCUT2D eigenvalue weighted by Gasteiger charge is 2.40. The van der Waals surface area contributed by atoms with Crippen molar-refractivity contribution in [2.24, 2.45) is 11.8 Å². The lowest BCUT2D eigenvalue weighted by Gasteiger charge is -2.24. The molecule has 1 heterocycles. The Morgan fingerprint density at radius 2 is 1.89 bits per heavy atom. The third-order valence-corrected chi connectivity index (χ3v) is 5.31. The lowest BCUT2D eigenvalue weighted by molar-refractivity contribution is -0.141. The van der Waals surface area contributed by atoms with Crippen LogP contribution in [-0.2, 0) is 19.2 Å². The van der Waals surface area contributed by atoms with Crippen molar-refractivity contribution in [3.8, 4) is 0 Å². The lowest BCUT2D eigenvalue weighted by Crippen LogP contribution is -2.54. The predicted octanol–water partition coefficient (Wildman–Crippen LogP) is -0.812. The van der Waals surface area contributed by atoms with E-state index in [1.807, 2.05) is 20.8 Å². The van der Waals surface area contributed by atoms with Gasteiger partial charge in [0.05, 0.1) is 6.04 Å². The standard InChI is InChI=1S/C19H32N4O5/c1-11(2)8-14(22-17(27)18(28)23-19(3)5-6-19)16(26)21-13(10-24)9-12-4-7-20-15(12)25/h10-15,20,25H,4-9H2,1-3H3,(H,21,26)(H,22,27)(H,23,28)/t12-,13-,14-,15?/m0/s1. The zero-order chi connectivity index (χ0) is 20.9. The average Bonchev–Trinajstić information content (AvgIpc) is 3.21. The molecule has 1 saturated carbocycles. The SMILES string of the molecule is CC(C)C[C@H](NC(=O)C(=O)NC1(C)CC1)C(=O)N[C@H](C=O)C[C@@H]1CCNC1O. The molecular weight excluding hydrogens is 364 g/mol. The van der Waals surface area contributed by atoms with Gasteiger partial charge in [-0.15, -0.1) is 0 Å². The molecule has 2 rings (SSSR count). The number of hydrogen-bond donors (Lipinski definition) is 5. The van der Waals surface area contributed by atoms with Crippen molar-refractivity contribution in [1.82, 2.24) is 21.3 Å². The summed E-state index contributed by atoms with van der Waals surface area (Å²) in [4.78, 5) is 48.3. The van der Waals surface area contributed by atoms with Crippen LogP contribution in [0.25, 0.3) is 0 Å². The van der Waals surface area contributed by atoms with Crippen LogP contribution >= 0.6 is 0 Å². The van der Waals surface area contributed by atoms with Gasteiger partial charge in [0.2, 0.25) is 5.91 Å². The Balaban J connectivity index is 1.93. The summed E-state index contributed by atoms with van der Waals surface area (Å²) in [5.41, 5.74) is -0.330. The third-order valence-electron chi connectivity index (χ3n) is 5.31. The van der Waals surface area contributed by atoms with Crippen molar-refractivity contribution >= 4 is 24.0 Å². The first-order valence-electron chi connectivity index (χ1n) is 9.93. The molecule has 3 amide bonds. The zero-order valence-electron chi connectivity index (χ0n) is 16.8. The number of aliphatic hydroxyl groups is 1. The molecule has 28 heavy (non-hydrogen) atoms. The molecule has 1 aliphatic heterocycles. The first-order valence-corrected chi connectivity index (χ1v) is 9.93. The van der Waals surface area contributed by atoms with Crippen LogP contribution in [0.1, 0.15) is 52.9 Å². The Labute approximate surface area is 165 Å². The highest BCUT2D eigenvalue weighted by molar-refractivity contribution is 6.35. The van der Waals surface area contributed by atoms with Crippen LogP contribution in [0.15, 0.2) is 0 Å². The fourth-order valence-electron chi connectivity index (χ4n) is 3.32. The smallest absolute Gasteiger partial charge is 0.309 e.